The first-order valence-corrected chi connectivity index (χ1v) is 4.03. The number of phenols is 2. The quantitative estimate of drug-likeness (QED) is 0.644. The lowest BCUT2D eigenvalue weighted by atomic mass is 10.2. The molecule has 0 radical (unpaired) electrons. The standard InChI is InChI=1S/C7H5BrN2O2/c8-7-6-4(9-10-7)1-3(11)2-5(6)12/h1-2,11-12H,(H,9,10). The number of fused-ring (bicyclic) bond motifs is 1. The normalized spacial score (nSPS) is 10.8. The number of rotatable bonds is 0. The van der Waals surface area contributed by atoms with Crippen LogP contribution in [0.25, 0.3) is 10.9 Å². The van der Waals surface area contributed by atoms with Gasteiger partial charge in [0.1, 0.15) is 21.6 Å². The molecule has 0 spiro atoms. The van der Waals surface area contributed by atoms with E-state index in [2.05, 4.69) is 26.1 Å². The summed E-state index contributed by atoms with van der Waals surface area (Å²) in [7, 11) is 0. The van der Waals surface area contributed by atoms with Crippen LogP contribution < -0.4 is 0 Å². The first kappa shape index (κ1) is 7.42. The van der Waals surface area contributed by atoms with Gasteiger partial charge in [-0.15, -0.1) is 0 Å². The van der Waals surface area contributed by atoms with Crippen LogP contribution in [-0.2, 0) is 0 Å². The molecule has 2 aromatic rings. The summed E-state index contributed by atoms with van der Waals surface area (Å²) >= 11 is 3.18. The second-order valence-corrected chi connectivity index (χ2v) is 3.19. The summed E-state index contributed by atoms with van der Waals surface area (Å²) in [5.74, 6) is 0.00428. The molecule has 4 nitrogen and oxygen atoms in total. The fourth-order valence-corrected chi connectivity index (χ4v) is 1.57. The van der Waals surface area contributed by atoms with Gasteiger partial charge in [0.25, 0.3) is 0 Å². The highest BCUT2D eigenvalue weighted by molar-refractivity contribution is 9.10. The Labute approximate surface area is 76.0 Å². The van der Waals surface area contributed by atoms with Gasteiger partial charge in [0.15, 0.2) is 0 Å². The number of nitrogens with zero attached hydrogens (tertiary/aromatic N) is 1. The lowest BCUT2D eigenvalue weighted by Gasteiger charge is -1.95. The summed E-state index contributed by atoms with van der Waals surface area (Å²) in [5, 5.41) is 25.5. The average Bonchev–Trinajstić information content (AvgIpc) is 2.31. The lowest BCUT2D eigenvalue weighted by Crippen LogP contribution is -1.70. The lowest BCUT2D eigenvalue weighted by molar-refractivity contribution is 0.455. The predicted molar refractivity (Wildman–Crippen MR) is 47.1 cm³/mol. The number of halogens is 1. The third-order valence-electron chi connectivity index (χ3n) is 1.58. The van der Waals surface area contributed by atoms with Crippen LogP contribution in [-0.4, -0.2) is 20.4 Å². The Morgan fingerprint density at radius 3 is 2.83 bits per heavy atom. The van der Waals surface area contributed by atoms with Crippen LogP contribution in [0, 0.1) is 0 Å². The number of aromatic hydroxyl groups is 2. The summed E-state index contributed by atoms with van der Waals surface area (Å²) < 4.78 is 0.606. The van der Waals surface area contributed by atoms with Crippen molar-refractivity contribution in [1.82, 2.24) is 10.2 Å². The topological polar surface area (TPSA) is 69.1 Å². The first-order chi connectivity index (χ1) is 5.68. The molecule has 3 N–H and O–H groups in total. The van der Waals surface area contributed by atoms with E-state index in [0.29, 0.717) is 15.5 Å². The van der Waals surface area contributed by atoms with E-state index in [1.165, 1.54) is 12.1 Å². The van der Waals surface area contributed by atoms with Crippen LogP contribution in [0.3, 0.4) is 0 Å². The molecule has 1 aromatic carbocycles. The molecular weight excluding hydrogens is 224 g/mol. The first-order valence-electron chi connectivity index (χ1n) is 3.24. The monoisotopic (exact) mass is 228 g/mol. The van der Waals surface area contributed by atoms with E-state index in [1.54, 1.807) is 0 Å². The number of hydrogen-bond donors (Lipinski definition) is 3. The number of benzene rings is 1. The highest BCUT2D eigenvalue weighted by atomic mass is 79.9. The Kier molecular flexibility index (Phi) is 1.47. The smallest absolute Gasteiger partial charge is 0.131 e. The SMILES string of the molecule is Oc1cc(O)c2c(Br)[nH]nc2c1. The Balaban J connectivity index is 2.93. The predicted octanol–water partition coefficient (Wildman–Crippen LogP) is 1.74. The maximum Gasteiger partial charge on any atom is 0.131 e. The second-order valence-electron chi connectivity index (χ2n) is 2.40. The number of phenolic OH excluding ortho intramolecular Hbond substituents is 2. The molecule has 0 aliphatic carbocycles. The molecule has 12 heavy (non-hydrogen) atoms. The molecule has 5 heteroatoms. The third-order valence-corrected chi connectivity index (χ3v) is 2.15. The molecule has 0 aliphatic heterocycles. The number of hydrogen-bond acceptors (Lipinski definition) is 3. The minimum absolute atomic E-state index is 0.000926. The minimum atomic E-state index is -0.000926. The Bertz CT molecular complexity index is 438. The number of aromatic amines is 1. The van der Waals surface area contributed by atoms with Crippen molar-refractivity contribution in [2.45, 2.75) is 0 Å². The molecule has 0 aliphatic rings. The van der Waals surface area contributed by atoms with Gasteiger partial charge in [-0.2, -0.15) is 5.10 Å². The van der Waals surface area contributed by atoms with Gasteiger partial charge in [-0.1, -0.05) is 0 Å². The van der Waals surface area contributed by atoms with Crippen molar-refractivity contribution in [3.05, 3.63) is 16.7 Å². The summed E-state index contributed by atoms with van der Waals surface area (Å²) in [6.07, 6.45) is 0. The van der Waals surface area contributed by atoms with Crippen molar-refractivity contribution >= 4 is 26.8 Å². The Morgan fingerprint density at radius 2 is 2.08 bits per heavy atom. The number of aromatic nitrogens is 2. The van der Waals surface area contributed by atoms with E-state index in [-0.39, 0.29) is 11.5 Å². The molecule has 1 heterocycles. The van der Waals surface area contributed by atoms with Gasteiger partial charge in [-0.05, 0) is 15.9 Å². The van der Waals surface area contributed by atoms with Gasteiger partial charge in [0.05, 0.1) is 5.39 Å². The average molecular weight is 229 g/mol. The molecule has 0 saturated carbocycles. The van der Waals surface area contributed by atoms with Crippen molar-refractivity contribution in [2.24, 2.45) is 0 Å². The Morgan fingerprint density at radius 1 is 1.33 bits per heavy atom. The van der Waals surface area contributed by atoms with E-state index >= 15 is 0 Å². The highest BCUT2D eigenvalue weighted by Gasteiger charge is 2.08. The summed E-state index contributed by atoms with van der Waals surface area (Å²) in [6.45, 7) is 0. The molecular formula is C7H5BrN2O2. The zero-order valence-corrected chi connectivity index (χ0v) is 7.46. The second kappa shape index (κ2) is 2.38. The molecule has 2 rings (SSSR count). The molecule has 0 atom stereocenters. The fourth-order valence-electron chi connectivity index (χ4n) is 1.08. The number of nitrogens with one attached hydrogen (secondary N) is 1. The minimum Gasteiger partial charge on any atom is -0.508 e. The van der Waals surface area contributed by atoms with Crippen molar-refractivity contribution in [2.75, 3.05) is 0 Å². The number of H-pyrrole nitrogens is 1. The maximum atomic E-state index is 9.37. The summed E-state index contributed by atoms with van der Waals surface area (Å²) in [6, 6.07) is 2.74. The molecule has 0 amide bonds. The maximum absolute atomic E-state index is 9.37. The van der Waals surface area contributed by atoms with Crippen LogP contribution in [0.2, 0.25) is 0 Å². The van der Waals surface area contributed by atoms with Gasteiger partial charge < -0.3 is 10.2 Å². The molecule has 0 bridgehead atoms. The van der Waals surface area contributed by atoms with Crippen molar-refractivity contribution in [3.63, 3.8) is 0 Å². The van der Waals surface area contributed by atoms with E-state index < -0.39 is 0 Å². The fraction of sp³-hybridized carbons (Fsp3) is 0. The molecule has 62 valence electrons. The van der Waals surface area contributed by atoms with Crippen LogP contribution in [0.4, 0.5) is 0 Å². The third kappa shape index (κ3) is 0.937. The summed E-state index contributed by atoms with van der Waals surface area (Å²) in [5.41, 5.74) is 0.527. The van der Waals surface area contributed by atoms with Crippen molar-refractivity contribution < 1.29 is 10.2 Å². The van der Waals surface area contributed by atoms with Gasteiger partial charge in [0.2, 0.25) is 0 Å². The van der Waals surface area contributed by atoms with Gasteiger partial charge >= 0.3 is 0 Å². The largest absolute Gasteiger partial charge is 0.508 e. The molecule has 0 unspecified atom stereocenters. The van der Waals surface area contributed by atoms with Crippen molar-refractivity contribution in [3.8, 4) is 11.5 Å². The van der Waals surface area contributed by atoms with E-state index in [1.807, 2.05) is 0 Å². The van der Waals surface area contributed by atoms with Crippen molar-refractivity contribution in [1.29, 1.82) is 0 Å². The van der Waals surface area contributed by atoms with Crippen LogP contribution >= 0.6 is 15.9 Å². The van der Waals surface area contributed by atoms with E-state index in [4.69, 9.17) is 5.11 Å². The van der Waals surface area contributed by atoms with Gasteiger partial charge in [0, 0.05) is 12.1 Å². The molecule has 0 saturated heterocycles. The zero-order chi connectivity index (χ0) is 8.72. The van der Waals surface area contributed by atoms with E-state index in [0.717, 1.165) is 0 Å². The zero-order valence-electron chi connectivity index (χ0n) is 5.87. The highest BCUT2D eigenvalue weighted by Crippen LogP contribution is 2.32. The van der Waals surface area contributed by atoms with E-state index in [9.17, 15) is 5.11 Å². The molecule has 0 fully saturated rings. The van der Waals surface area contributed by atoms with Crippen LogP contribution in [0.1, 0.15) is 0 Å². The summed E-state index contributed by atoms with van der Waals surface area (Å²) in [4.78, 5) is 0. The Hall–Kier alpha value is -1.23. The van der Waals surface area contributed by atoms with Crippen LogP contribution in [0.15, 0.2) is 16.7 Å². The van der Waals surface area contributed by atoms with Gasteiger partial charge in [-0.3, -0.25) is 5.10 Å². The van der Waals surface area contributed by atoms with Gasteiger partial charge in [-0.25, -0.2) is 0 Å². The van der Waals surface area contributed by atoms with Crippen LogP contribution in [0.5, 0.6) is 11.5 Å². The molecule has 1 aromatic heterocycles.